The van der Waals surface area contributed by atoms with E-state index < -0.39 is 0 Å². The van der Waals surface area contributed by atoms with E-state index in [2.05, 4.69) is 50.7 Å². The van der Waals surface area contributed by atoms with Gasteiger partial charge >= 0.3 is 0 Å². The minimum Gasteiger partial charge on any atom is -0.361 e. The second-order valence-electron chi connectivity index (χ2n) is 5.42. The lowest BCUT2D eigenvalue weighted by molar-refractivity contribution is 0.311. The van der Waals surface area contributed by atoms with Crippen LogP contribution in [-0.2, 0) is 6.54 Å². The van der Waals surface area contributed by atoms with Gasteiger partial charge in [-0.15, -0.1) is 5.10 Å². The number of aromatic amines is 1. The number of likely N-dealkylation sites (tertiary alicyclic amines) is 1. The van der Waals surface area contributed by atoms with E-state index in [1.807, 2.05) is 10.9 Å². The Morgan fingerprint density at radius 3 is 3.15 bits per heavy atom. The molecule has 3 aromatic rings. The number of hydrogen-bond acceptors (Lipinski definition) is 3. The van der Waals surface area contributed by atoms with E-state index in [0.29, 0.717) is 6.04 Å². The zero-order valence-electron chi connectivity index (χ0n) is 11.2. The van der Waals surface area contributed by atoms with Gasteiger partial charge in [0, 0.05) is 42.9 Å². The molecule has 0 amide bonds. The molecule has 1 N–H and O–H groups in total. The fourth-order valence-corrected chi connectivity index (χ4v) is 3.09. The molecule has 1 atom stereocenters. The number of benzene rings is 1. The third-order valence-corrected chi connectivity index (χ3v) is 4.13. The zero-order valence-corrected chi connectivity index (χ0v) is 11.2. The van der Waals surface area contributed by atoms with E-state index >= 15 is 0 Å². The lowest BCUT2D eigenvalue weighted by atomic mass is 10.1. The Balaban J connectivity index is 1.50. The van der Waals surface area contributed by atoms with E-state index in [9.17, 15) is 0 Å². The first-order chi connectivity index (χ1) is 9.90. The summed E-state index contributed by atoms with van der Waals surface area (Å²) in [5.41, 5.74) is 2.59. The average Bonchev–Trinajstić information content (AvgIpc) is 3.19. The van der Waals surface area contributed by atoms with Crippen molar-refractivity contribution in [1.82, 2.24) is 24.9 Å². The number of rotatable bonds is 3. The molecule has 1 saturated heterocycles. The van der Waals surface area contributed by atoms with Crippen molar-refractivity contribution in [1.29, 1.82) is 0 Å². The number of para-hydroxylation sites is 1. The highest BCUT2D eigenvalue weighted by Gasteiger charge is 2.24. The third kappa shape index (κ3) is 2.00. The van der Waals surface area contributed by atoms with Gasteiger partial charge in [-0.25, -0.2) is 4.68 Å². The lowest BCUT2D eigenvalue weighted by Gasteiger charge is -2.15. The Morgan fingerprint density at radius 1 is 1.30 bits per heavy atom. The topological polar surface area (TPSA) is 49.7 Å². The van der Waals surface area contributed by atoms with Crippen molar-refractivity contribution in [2.45, 2.75) is 19.0 Å². The molecule has 4 rings (SSSR count). The zero-order chi connectivity index (χ0) is 13.4. The quantitative estimate of drug-likeness (QED) is 0.791. The van der Waals surface area contributed by atoms with Gasteiger partial charge in [0.15, 0.2) is 0 Å². The first-order valence-corrected chi connectivity index (χ1v) is 7.03. The summed E-state index contributed by atoms with van der Waals surface area (Å²) in [7, 11) is 0. The summed E-state index contributed by atoms with van der Waals surface area (Å²) < 4.78 is 1.98. The maximum atomic E-state index is 4.11. The maximum absolute atomic E-state index is 4.11. The summed E-state index contributed by atoms with van der Waals surface area (Å²) in [6.45, 7) is 3.15. The van der Waals surface area contributed by atoms with Crippen LogP contribution < -0.4 is 0 Å². The highest BCUT2D eigenvalue weighted by molar-refractivity contribution is 5.82. The molecule has 2 aromatic heterocycles. The summed E-state index contributed by atoms with van der Waals surface area (Å²) >= 11 is 0. The van der Waals surface area contributed by atoms with Crippen LogP contribution >= 0.6 is 0 Å². The Bertz CT molecular complexity index is 700. The lowest BCUT2D eigenvalue weighted by Crippen LogP contribution is -2.21. The largest absolute Gasteiger partial charge is 0.361 e. The first-order valence-electron chi connectivity index (χ1n) is 7.03. The van der Waals surface area contributed by atoms with E-state index in [-0.39, 0.29) is 0 Å². The molecule has 0 radical (unpaired) electrons. The van der Waals surface area contributed by atoms with Gasteiger partial charge in [0.05, 0.1) is 12.2 Å². The Hall–Kier alpha value is -2.14. The van der Waals surface area contributed by atoms with Crippen molar-refractivity contribution in [3.8, 4) is 0 Å². The van der Waals surface area contributed by atoms with Gasteiger partial charge in [0.25, 0.3) is 0 Å². The van der Waals surface area contributed by atoms with Crippen molar-refractivity contribution in [3.05, 3.63) is 48.4 Å². The van der Waals surface area contributed by atoms with Crippen molar-refractivity contribution >= 4 is 10.9 Å². The van der Waals surface area contributed by atoms with Crippen LogP contribution in [0.1, 0.15) is 18.0 Å². The van der Waals surface area contributed by atoms with Gasteiger partial charge in [-0.05, 0) is 18.1 Å². The number of H-pyrrole nitrogens is 1. The molecule has 5 heteroatoms. The van der Waals surface area contributed by atoms with Crippen LogP contribution in [0.2, 0.25) is 0 Å². The molecule has 1 aliphatic heterocycles. The molecule has 20 heavy (non-hydrogen) atoms. The number of aromatic nitrogens is 4. The van der Waals surface area contributed by atoms with Crippen molar-refractivity contribution in [2.24, 2.45) is 0 Å². The molecule has 1 aliphatic rings. The maximum Gasteiger partial charge on any atom is 0.0693 e. The molecule has 1 aromatic carbocycles. The minimum absolute atomic E-state index is 0.461. The average molecular weight is 267 g/mol. The van der Waals surface area contributed by atoms with Crippen LogP contribution in [0, 0.1) is 0 Å². The van der Waals surface area contributed by atoms with Crippen LogP contribution in [-0.4, -0.2) is 38.0 Å². The fraction of sp³-hybridized carbons (Fsp3) is 0.333. The summed E-state index contributed by atoms with van der Waals surface area (Å²) in [5, 5.41) is 9.34. The number of nitrogens with one attached hydrogen (secondary N) is 1. The smallest absolute Gasteiger partial charge is 0.0693 e. The standard InChI is InChI=1S/C15H17N5/c1-2-4-15-14(3-1)12(9-16-15)10-19-7-5-13(11-19)20-8-6-17-18-20/h1-4,6,8-9,13,16H,5,7,10-11H2. The number of hydrogen-bond donors (Lipinski definition) is 1. The first kappa shape index (κ1) is 11.7. The summed E-state index contributed by atoms with van der Waals surface area (Å²) in [5.74, 6) is 0. The van der Waals surface area contributed by atoms with E-state index in [1.165, 1.54) is 16.5 Å². The highest BCUT2D eigenvalue weighted by atomic mass is 15.4. The van der Waals surface area contributed by atoms with Gasteiger partial charge in [-0.3, -0.25) is 4.90 Å². The van der Waals surface area contributed by atoms with Gasteiger partial charge in [-0.2, -0.15) is 0 Å². The molecule has 0 saturated carbocycles. The fourth-order valence-electron chi connectivity index (χ4n) is 3.09. The Morgan fingerprint density at radius 2 is 2.25 bits per heavy atom. The van der Waals surface area contributed by atoms with Crippen molar-refractivity contribution < 1.29 is 0 Å². The van der Waals surface area contributed by atoms with E-state index in [1.54, 1.807) is 6.20 Å². The molecule has 1 unspecified atom stereocenters. The summed E-state index contributed by atoms with van der Waals surface area (Å²) in [6.07, 6.45) is 6.99. The highest BCUT2D eigenvalue weighted by Crippen LogP contribution is 2.25. The van der Waals surface area contributed by atoms with Crippen LogP contribution in [0.5, 0.6) is 0 Å². The molecule has 3 heterocycles. The second kappa shape index (κ2) is 4.76. The summed E-state index contributed by atoms with van der Waals surface area (Å²) in [6, 6.07) is 8.94. The summed E-state index contributed by atoms with van der Waals surface area (Å²) in [4.78, 5) is 5.83. The van der Waals surface area contributed by atoms with Gasteiger partial charge in [0.1, 0.15) is 0 Å². The van der Waals surface area contributed by atoms with Gasteiger partial charge in [-0.1, -0.05) is 23.4 Å². The van der Waals surface area contributed by atoms with E-state index in [0.717, 1.165) is 26.1 Å². The van der Waals surface area contributed by atoms with Crippen molar-refractivity contribution in [3.63, 3.8) is 0 Å². The monoisotopic (exact) mass is 267 g/mol. The predicted octanol–water partition coefficient (Wildman–Crippen LogP) is 2.21. The normalized spacial score (nSPS) is 19.9. The molecular weight excluding hydrogens is 250 g/mol. The molecular formula is C15H17N5. The van der Waals surface area contributed by atoms with Crippen LogP contribution in [0.25, 0.3) is 10.9 Å². The van der Waals surface area contributed by atoms with Crippen LogP contribution in [0.3, 0.4) is 0 Å². The van der Waals surface area contributed by atoms with Crippen molar-refractivity contribution in [2.75, 3.05) is 13.1 Å². The second-order valence-corrected chi connectivity index (χ2v) is 5.42. The molecule has 0 aliphatic carbocycles. The third-order valence-electron chi connectivity index (χ3n) is 4.13. The molecule has 0 spiro atoms. The number of fused-ring (bicyclic) bond motifs is 1. The van der Waals surface area contributed by atoms with Gasteiger partial charge < -0.3 is 4.98 Å². The SMILES string of the molecule is c1ccc2c(CN3CCC(n4ccnn4)C3)c[nH]c2c1. The van der Waals surface area contributed by atoms with E-state index in [4.69, 9.17) is 0 Å². The molecule has 5 nitrogen and oxygen atoms in total. The Kier molecular flexibility index (Phi) is 2.77. The predicted molar refractivity (Wildman–Crippen MR) is 77.3 cm³/mol. The Labute approximate surface area is 117 Å². The van der Waals surface area contributed by atoms with Gasteiger partial charge in [0.2, 0.25) is 0 Å². The molecule has 102 valence electrons. The molecule has 1 fully saturated rings. The molecule has 0 bridgehead atoms. The van der Waals surface area contributed by atoms with Crippen LogP contribution in [0.4, 0.5) is 0 Å². The number of nitrogens with zero attached hydrogens (tertiary/aromatic N) is 4. The van der Waals surface area contributed by atoms with Crippen LogP contribution in [0.15, 0.2) is 42.9 Å². The minimum atomic E-state index is 0.461.